The Morgan fingerprint density at radius 2 is 0.636 bits per heavy atom. The van der Waals surface area contributed by atoms with Crippen LogP contribution in [0.4, 0.5) is 0 Å². The van der Waals surface area contributed by atoms with E-state index < -0.39 is 124 Å². The molecule has 0 bridgehead atoms. The number of allylic oxidation sites excluding steroid dienone is 25. The summed E-state index contributed by atoms with van der Waals surface area (Å²) in [4.78, 5) is 13.5. The Labute approximate surface area is 663 Å². The van der Waals surface area contributed by atoms with Gasteiger partial charge in [0.15, 0.2) is 18.9 Å². The van der Waals surface area contributed by atoms with Gasteiger partial charge in [-0.2, -0.15) is 0 Å². The van der Waals surface area contributed by atoms with Crippen LogP contribution in [-0.4, -0.2) is 193 Å². The zero-order valence-electron chi connectivity index (χ0n) is 67.4. The van der Waals surface area contributed by atoms with Crippen molar-refractivity contribution in [1.82, 2.24) is 5.32 Å². The van der Waals surface area contributed by atoms with Gasteiger partial charge < -0.3 is 89.9 Å². The average Bonchev–Trinajstić information content (AvgIpc) is 0.784. The highest BCUT2D eigenvalue weighted by Gasteiger charge is 2.54. The van der Waals surface area contributed by atoms with Crippen LogP contribution in [0.1, 0.15) is 277 Å². The van der Waals surface area contributed by atoms with Crippen molar-refractivity contribution >= 4 is 5.91 Å². The van der Waals surface area contributed by atoms with Gasteiger partial charge in [0.1, 0.15) is 73.2 Å². The number of hydrogen-bond acceptors (Lipinski definition) is 18. The second-order valence-electron chi connectivity index (χ2n) is 29.5. The molecule has 0 aromatic carbocycles. The van der Waals surface area contributed by atoms with E-state index in [-0.39, 0.29) is 18.9 Å². The van der Waals surface area contributed by atoms with Gasteiger partial charge in [0.2, 0.25) is 5.91 Å². The fraction of sp³-hybridized carbons (Fsp3) is 0.703. The third-order valence-electron chi connectivity index (χ3n) is 20.0. The lowest BCUT2D eigenvalue weighted by Gasteiger charge is -2.48. The monoisotopic (exact) mass is 1550 g/mol. The first-order valence-corrected chi connectivity index (χ1v) is 42.7. The minimum Gasteiger partial charge on any atom is -0.394 e. The number of hydrogen-bond donors (Lipinski definition) is 12. The van der Waals surface area contributed by atoms with Crippen molar-refractivity contribution in [3.8, 4) is 0 Å². The van der Waals surface area contributed by atoms with Crippen molar-refractivity contribution in [1.29, 1.82) is 0 Å². The van der Waals surface area contributed by atoms with Crippen LogP contribution in [0.15, 0.2) is 158 Å². The molecule has 1 amide bonds. The van der Waals surface area contributed by atoms with Crippen molar-refractivity contribution in [2.45, 2.75) is 381 Å². The predicted octanol–water partition coefficient (Wildman–Crippen LogP) is 15.6. The van der Waals surface area contributed by atoms with E-state index in [4.69, 9.17) is 28.4 Å². The summed E-state index contributed by atoms with van der Waals surface area (Å²) in [5, 5.41) is 121. The lowest BCUT2D eigenvalue weighted by atomic mass is 9.96. The summed E-state index contributed by atoms with van der Waals surface area (Å²) >= 11 is 0. The van der Waals surface area contributed by atoms with Gasteiger partial charge in [-0.25, -0.2) is 0 Å². The molecule has 0 aromatic rings. The van der Waals surface area contributed by atoms with Crippen molar-refractivity contribution in [3.63, 3.8) is 0 Å². The van der Waals surface area contributed by atoms with E-state index in [0.717, 1.165) is 128 Å². The quantitative estimate of drug-likeness (QED) is 0.0199. The number of rotatable bonds is 66. The van der Waals surface area contributed by atoms with Crippen molar-refractivity contribution < 1.29 is 89.4 Å². The Morgan fingerprint density at radius 3 is 1.02 bits per heavy atom. The molecule has 3 aliphatic rings. The van der Waals surface area contributed by atoms with Gasteiger partial charge in [-0.05, 0) is 122 Å². The Bertz CT molecular complexity index is 2610. The minimum absolute atomic E-state index is 0.204. The minimum atomic E-state index is -1.99. The molecule has 19 heteroatoms. The fourth-order valence-corrected chi connectivity index (χ4v) is 13.3. The number of aliphatic hydroxyl groups excluding tert-OH is 11. The zero-order chi connectivity index (χ0) is 79.5. The molecule has 12 N–H and O–H groups in total. The summed E-state index contributed by atoms with van der Waals surface area (Å²) in [6, 6.07) is -1.02. The van der Waals surface area contributed by atoms with Crippen LogP contribution in [0.3, 0.4) is 0 Å². The van der Waals surface area contributed by atoms with Crippen LogP contribution in [0.25, 0.3) is 0 Å². The van der Waals surface area contributed by atoms with E-state index in [0.29, 0.717) is 12.8 Å². The molecule has 3 rings (SSSR count). The maximum Gasteiger partial charge on any atom is 0.220 e. The van der Waals surface area contributed by atoms with Gasteiger partial charge in [-0.15, -0.1) is 0 Å². The molecule has 0 aromatic heterocycles. The second-order valence-corrected chi connectivity index (χ2v) is 29.5. The van der Waals surface area contributed by atoms with E-state index in [1.165, 1.54) is 116 Å². The zero-order valence-corrected chi connectivity index (χ0v) is 67.4. The van der Waals surface area contributed by atoms with Gasteiger partial charge in [-0.1, -0.05) is 307 Å². The van der Waals surface area contributed by atoms with Crippen molar-refractivity contribution in [2.75, 3.05) is 26.4 Å². The van der Waals surface area contributed by atoms with Crippen LogP contribution in [0.2, 0.25) is 0 Å². The molecule has 0 aliphatic carbocycles. The van der Waals surface area contributed by atoms with Crippen molar-refractivity contribution in [2.24, 2.45) is 0 Å². The molecule has 0 spiro atoms. The Hall–Kier alpha value is -4.59. The van der Waals surface area contributed by atoms with E-state index in [9.17, 15) is 61.0 Å². The van der Waals surface area contributed by atoms with Crippen LogP contribution in [-0.2, 0) is 33.2 Å². The summed E-state index contributed by atoms with van der Waals surface area (Å²) in [6.07, 6.45) is 75.1. The van der Waals surface area contributed by atoms with E-state index in [2.05, 4.69) is 165 Å². The lowest BCUT2D eigenvalue weighted by molar-refractivity contribution is -0.379. The smallest absolute Gasteiger partial charge is 0.220 e. The summed E-state index contributed by atoms with van der Waals surface area (Å²) in [5.74, 6) is -0.309. The molecule has 3 fully saturated rings. The molecular formula is C91H151NO18. The molecular weight excluding hydrogens is 1390 g/mol. The summed E-state index contributed by atoms with van der Waals surface area (Å²) in [7, 11) is 0. The topological polar surface area (TPSA) is 307 Å². The third kappa shape index (κ3) is 47.3. The van der Waals surface area contributed by atoms with Crippen LogP contribution in [0, 0.1) is 0 Å². The molecule has 17 atom stereocenters. The largest absolute Gasteiger partial charge is 0.394 e. The molecule has 3 aliphatic heterocycles. The van der Waals surface area contributed by atoms with E-state index >= 15 is 0 Å². The standard InChI is InChI=1S/C91H151NO18/c1-3-5-7-9-11-13-15-17-19-21-23-25-27-29-31-33-34-35-36-37-38-39-40-41-43-45-47-49-51-53-55-57-59-61-63-65-67-69-79(97)92-74(75(96)68-66-64-62-60-58-56-54-52-50-48-46-44-42-32-30-28-26-24-22-20-18-16-14-12-10-8-6-4-2)73-105-89-85(103)82(100)87(77(71-94)107-89)110-91-86(104)83(101)88(78(72-95)108-91)109-90-84(102)81(99)80(98)76(70-93)106-90/h5,7,11,13,17,19,23,25,29,31,34-35,37-38,40-41,45,47,50-53,58,60,66,68,74-78,80-91,93-96,98-104H,3-4,6,8-10,12,14-16,18,20-22,24,26-28,30,32-33,36,39,42-44,46,48-49,54-57,59,61-65,67,69-73H2,1-2H3,(H,92,97)/b7-5-,13-11-,19-17-,25-23-,31-29-,35-34-,38-37-,41-40-,47-45-,52-50+,53-51-,60-58+,68-66+. The summed E-state index contributed by atoms with van der Waals surface area (Å²) < 4.78 is 34.4. The SMILES string of the molecule is CC/C=C\C/C=C\C/C=C\C/C=C\C/C=C\C/C=C\C/C=C\C/C=C\C/C=C\C/C=C\CCCCCCCCC(=O)NC(COC1OC(CO)C(OC2OC(CO)C(OC3OC(CO)C(O)C(O)C3O)C(O)C2O)C(O)C1O)C(O)/C=C/CC/C=C/CC/C=C/CCCCCCCCCCCCCCCCCCCC. The first-order chi connectivity index (χ1) is 53.8. The molecule has 17 unspecified atom stereocenters. The molecule has 0 radical (unpaired) electrons. The van der Waals surface area contributed by atoms with Crippen LogP contribution in [0.5, 0.6) is 0 Å². The van der Waals surface area contributed by atoms with Gasteiger partial charge in [0.25, 0.3) is 0 Å². The Morgan fingerprint density at radius 1 is 0.336 bits per heavy atom. The second kappa shape index (κ2) is 68.8. The van der Waals surface area contributed by atoms with Gasteiger partial charge in [-0.3, -0.25) is 4.79 Å². The highest BCUT2D eigenvalue weighted by Crippen LogP contribution is 2.33. The number of amides is 1. The Balaban J connectivity index is 1.39. The highest BCUT2D eigenvalue weighted by atomic mass is 16.8. The number of unbranched alkanes of at least 4 members (excludes halogenated alkanes) is 26. The highest BCUT2D eigenvalue weighted by molar-refractivity contribution is 5.76. The molecule has 19 nitrogen and oxygen atoms in total. The number of nitrogens with one attached hydrogen (secondary N) is 1. The molecule has 0 saturated carbocycles. The first-order valence-electron chi connectivity index (χ1n) is 42.7. The fourth-order valence-electron chi connectivity index (χ4n) is 13.3. The summed E-state index contributed by atoms with van der Waals surface area (Å²) in [5.41, 5.74) is 0. The summed E-state index contributed by atoms with van der Waals surface area (Å²) in [6.45, 7) is 1.59. The third-order valence-corrected chi connectivity index (χ3v) is 20.0. The predicted molar refractivity (Wildman–Crippen MR) is 442 cm³/mol. The molecule has 628 valence electrons. The number of carbonyl (C=O) groups excluding carboxylic acids is 1. The van der Waals surface area contributed by atoms with Gasteiger partial charge in [0, 0.05) is 6.42 Å². The van der Waals surface area contributed by atoms with Gasteiger partial charge >= 0.3 is 0 Å². The number of ether oxygens (including phenoxy) is 6. The normalized spacial score (nSPS) is 26.0. The number of carbonyl (C=O) groups is 1. The van der Waals surface area contributed by atoms with Crippen LogP contribution < -0.4 is 5.32 Å². The Kier molecular flexibility index (Phi) is 62.3. The van der Waals surface area contributed by atoms with E-state index in [1.807, 2.05) is 6.08 Å². The number of aliphatic hydroxyl groups is 11. The molecule has 3 saturated heterocycles. The van der Waals surface area contributed by atoms with Crippen LogP contribution >= 0.6 is 0 Å². The van der Waals surface area contributed by atoms with Gasteiger partial charge in [0.05, 0.1) is 38.6 Å². The van der Waals surface area contributed by atoms with Crippen molar-refractivity contribution in [3.05, 3.63) is 158 Å². The molecule has 3 heterocycles. The lowest BCUT2D eigenvalue weighted by Crippen LogP contribution is -2.66. The van der Waals surface area contributed by atoms with E-state index in [1.54, 1.807) is 6.08 Å². The first kappa shape index (κ1) is 99.6. The maximum atomic E-state index is 13.5. The molecule has 110 heavy (non-hydrogen) atoms. The maximum absolute atomic E-state index is 13.5. The average molecular weight is 1550 g/mol.